The van der Waals surface area contributed by atoms with Gasteiger partial charge in [-0.2, -0.15) is 11.8 Å². The summed E-state index contributed by atoms with van der Waals surface area (Å²) in [6, 6.07) is 1.99. The zero-order valence-corrected chi connectivity index (χ0v) is 12.1. The molecule has 2 atom stereocenters. The standard InChI is InChI=1S/C13H17ClN2OS/c1-8-5-12(14)11(7-15-8)13(17)16-9-3-4-10(6-9)18-2/h5,7,9-10H,3-4,6H2,1-2H3,(H,16,17). The number of hydrogen-bond donors (Lipinski definition) is 1. The molecule has 2 rings (SSSR count). The first kappa shape index (κ1) is 13.7. The van der Waals surface area contributed by atoms with Crippen molar-refractivity contribution in [2.75, 3.05) is 6.26 Å². The first-order valence-corrected chi connectivity index (χ1v) is 7.72. The fourth-order valence-corrected chi connectivity index (χ4v) is 3.33. The summed E-state index contributed by atoms with van der Waals surface area (Å²) in [6.07, 6.45) is 6.94. The molecule has 0 spiro atoms. The average Bonchev–Trinajstić information content (AvgIpc) is 2.76. The first-order chi connectivity index (χ1) is 8.60. The predicted molar refractivity (Wildman–Crippen MR) is 76.4 cm³/mol. The van der Waals surface area contributed by atoms with Crippen LogP contribution < -0.4 is 5.32 Å². The Balaban J connectivity index is 2.00. The maximum Gasteiger partial charge on any atom is 0.254 e. The third-order valence-electron chi connectivity index (χ3n) is 3.29. The molecular weight excluding hydrogens is 268 g/mol. The number of nitrogens with one attached hydrogen (secondary N) is 1. The van der Waals surface area contributed by atoms with Crippen LogP contribution in [0.1, 0.15) is 35.3 Å². The second-order valence-corrected chi connectivity index (χ2v) is 6.19. The van der Waals surface area contributed by atoms with Gasteiger partial charge in [0.1, 0.15) is 0 Å². The molecule has 0 aliphatic heterocycles. The van der Waals surface area contributed by atoms with Crippen LogP contribution in [0.5, 0.6) is 0 Å². The molecule has 98 valence electrons. The van der Waals surface area contributed by atoms with Gasteiger partial charge in [0, 0.05) is 23.2 Å². The molecule has 1 fully saturated rings. The molecule has 0 saturated heterocycles. The minimum absolute atomic E-state index is 0.112. The van der Waals surface area contributed by atoms with Gasteiger partial charge < -0.3 is 5.32 Å². The Morgan fingerprint density at radius 3 is 2.94 bits per heavy atom. The molecule has 5 heteroatoms. The van der Waals surface area contributed by atoms with Gasteiger partial charge >= 0.3 is 0 Å². The number of hydrogen-bond acceptors (Lipinski definition) is 3. The van der Waals surface area contributed by atoms with E-state index in [9.17, 15) is 4.79 Å². The van der Waals surface area contributed by atoms with Crippen molar-refractivity contribution in [3.8, 4) is 0 Å². The Labute approximate surface area is 117 Å². The van der Waals surface area contributed by atoms with Crippen LogP contribution in [0, 0.1) is 6.92 Å². The predicted octanol–water partition coefficient (Wildman–Crippen LogP) is 3.06. The van der Waals surface area contributed by atoms with E-state index >= 15 is 0 Å². The highest BCUT2D eigenvalue weighted by molar-refractivity contribution is 7.99. The van der Waals surface area contributed by atoms with Crippen LogP contribution >= 0.6 is 23.4 Å². The smallest absolute Gasteiger partial charge is 0.254 e. The summed E-state index contributed by atoms with van der Waals surface area (Å²) >= 11 is 7.94. The third-order valence-corrected chi connectivity index (χ3v) is 4.70. The van der Waals surface area contributed by atoms with Crippen LogP contribution in [-0.4, -0.2) is 28.4 Å². The quantitative estimate of drug-likeness (QED) is 0.927. The van der Waals surface area contributed by atoms with Crippen LogP contribution in [0.15, 0.2) is 12.3 Å². The van der Waals surface area contributed by atoms with Gasteiger partial charge in [-0.05, 0) is 38.5 Å². The van der Waals surface area contributed by atoms with Crippen molar-refractivity contribution in [3.05, 3.63) is 28.5 Å². The lowest BCUT2D eigenvalue weighted by Crippen LogP contribution is -2.33. The highest BCUT2D eigenvalue weighted by Gasteiger charge is 2.26. The number of aromatic nitrogens is 1. The van der Waals surface area contributed by atoms with E-state index in [0.29, 0.717) is 15.8 Å². The number of halogens is 1. The van der Waals surface area contributed by atoms with E-state index in [1.807, 2.05) is 18.7 Å². The van der Waals surface area contributed by atoms with E-state index in [2.05, 4.69) is 16.6 Å². The fourth-order valence-electron chi connectivity index (χ4n) is 2.24. The van der Waals surface area contributed by atoms with Gasteiger partial charge in [-0.1, -0.05) is 11.6 Å². The molecule has 1 aliphatic rings. The van der Waals surface area contributed by atoms with Crippen molar-refractivity contribution >= 4 is 29.3 Å². The fraction of sp³-hybridized carbons (Fsp3) is 0.538. The monoisotopic (exact) mass is 284 g/mol. The molecule has 0 bridgehead atoms. The van der Waals surface area contributed by atoms with E-state index in [0.717, 1.165) is 18.5 Å². The Bertz CT molecular complexity index is 453. The Hall–Kier alpha value is -0.740. The average molecular weight is 285 g/mol. The van der Waals surface area contributed by atoms with Gasteiger partial charge in [0.15, 0.2) is 0 Å². The minimum atomic E-state index is -0.112. The van der Waals surface area contributed by atoms with Gasteiger partial charge in [0.25, 0.3) is 5.91 Å². The Morgan fingerprint density at radius 1 is 1.56 bits per heavy atom. The summed E-state index contributed by atoms with van der Waals surface area (Å²) in [5.41, 5.74) is 1.29. The van der Waals surface area contributed by atoms with Crippen LogP contribution in [0.25, 0.3) is 0 Å². The van der Waals surface area contributed by atoms with Gasteiger partial charge in [-0.15, -0.1) is 0 Å². The van der Waals surface area contributed by atoms with Crippen molar-refractivity contribution in [2.45, 2.75) is 37.5 Å². The normalized spacial score (nSPS) is 23.1. The lowest BCUT2D eigenvalue weighted by atomic mass is 10.2. The summed E-state index contributed by atoms with van der Waals surface area (Å²) in [5.74, 6) is -0.112. The first-order valence-electron chi connectivity index (χ1n) is 6.06. The van der Waals surface area contributed by atoms with E-state index in [4.69, 9.17) is 11.6 Å². The number of aryl methyl sites for hydroxylation is 1. The second kappa shape index (κ2) is 5.93. The molecule has 3 nitrogen and oxygen atoms in total. The van der Waals surface area contributed by atoms with Crippen molar-refractivity contribution in [1.82, 2.24) is 10.3 Å². The van der Waals surface area contributed by atoms with Gasteiger partial charge in [0.05, 0.1) is 10.6 Å². The van der Waals surface area contributed by atoms with E-state index < -0.39 is 0 Å². The summed E-state index contributed by atoms with van der Waals surface area (Å²) in [6.45, 7) is 1.85. The van der Waals surface area contributed by atoms with Gasteiger partial charge in [0.2, 0.25) is 0 Å². The zero-order chi connectivity index (χ0) is 13.1. The van der Waals surface area contributed by atoms with Crippen LogP contribution in [0.2, 0.25) is 5.02 Å². The van der Waals surface area contributed by atoms with E-state index in [1.165, 1.54) is 6.42 Å². The van der Waals surface area contributed by atoms with Gasteiger partial charge in [-0.25, -0.2) is 0 Å². The maximum absolute atomic E-state index is 12.1. The van der Waals surface area contributed by atoms with Crippen LogP contribution in [0.3, 0.4) is 0 Å². The molecule has 1 aliphatic carbocycles. The topological polar surface area (TPSA) is 42.0 Å². The van der Waals surface area contributed by atoms with Crippen molar-refractivity contribution in [3.63, 3.8) is 0 Å². The molecule has 1 saturated carbocycles. The molecule has 0 aromatic carbocycles. The Kier molecular flexibility index (Phi) is 4.51. The number of thioether (sulfide) groups is 1. The Morgan fingerprint density at radius 2 is 2.33 bits per heavy atom. The number of pyridine rings is 1. The third kappa shape index (κ3) is 3.18. The van der Waals surface area contributed by atoms with E-state index in [-0.39, 0.29) is 11.9 Å². The minimum Gasteiger partial charge on any atom is -0.349 e. The molecule has 2 unspecified atom stereocenters. The van der Waals surface area contributed by atoms with Crippen molar-refractivity contribution in [2.24, 2.45) is 0 Å². The number of carbonyl (C=O) groups is 1. The number of rotatable bonds is 3. The highest BCUT2D eigenvalue weighted by atomic mass is 35.5. The lowest BCUT2D eigenvalue weighted by Gasteiger charge is -2.13. The largest absolute Gasteiger partial charge is 0.349 e. The van der Waals surface area contributed by atoms with Crippen molar-refractivity contribution < 1.29 is 4.79 Å². The lowest BCUT2D eigenvalue weighted by molar-refractivity contribution is 0.0938. The maximum atomic E-state index is 12.1. The van der Waals surface area contributed by atoms with E-state index in [1.54, 1.807) is 12.3 Å². The SMILES string of the molecule is CSC1CCC(NC(=O)c2cnc(C)cc2Cl)C1. The molecule has 18 heavy (non-hydrogen) atoms. The second-order valence-electron chi connectivity index (χ2n) is 4.65. The molecule has 1 amide bonds. The molecule has 1 aromatic rings. The highest BCUT2D eigenvalue weighted by Crippen LogP contribution is 2.28. The number of carbonyl (C=O) groups excluding carboxylic acids is 1. The summed E-state index contributed by atoms with van der Waals surface area (Å²) in [7, 11) is 0. The summed E-state index contributed by atoms with van der Waals surface area (Å²) in [4.78, 5) is 16.2. The summed E-state index contributed by atoms with van der Waals surface area (Å²) < 4.78 is 0. The number of amides is 1. The summed E-state index contributed by atoms with van der Waals surface area (Å²) in [5, 5.41) is 4.18. The molecule has 1 aromatic heterocycles. The van der Waals surface area contributed by atoms with Crippen LogP contribution in [0.4, 0.5) is 0 Å². The molecule has 1 N–H and O–H groups in total. The zero-order valence-electron chi connectivity index (χ0n) is 10.6. The van der Waals surface area contributed by atoms with Crippen LogP contribution in [-0.2, 0) is 0 Å². The molecule has 0 radical (unpaired) electrons. The molecular formula is C13H17ClN2OS. The van der Waals surface area contributed by atoms with Gasteiger partial charge in [-0.3, -0.25) is 9.78 Å². The molecule has 1 heterocycles. The number of nitrogens with zero attached hydrogens (tertiary/aromatic N) is 1. The van der Waals surface area contributed by atoms with Crippen molar-refractivity contribution in [1.29, 1.82) is 0 Å².